The van der Waals surface area contributed by atoms with Crippen LogP contribution in [0, 0.1) is 0 Å². The zero-order valence-corrected chi connectivity index (χ0v) is 20.1. The van der Waals surface area contributed by atoms with E-state index in [1.165, 1.54) is 39.8 Å². The zero-order chi connectivity index (χ0) is 23.5. The molecule has 17 heteroatoms. The van der Waals surface area contributed by atoms with Gasteiger partial charge in [-0.05, 0) is 12.5 Å². The van der Waals surface area contributed by atoms with Gasteiger partial charge in [0.05, 0.1) is 0 Å². The van der Waals surface area contributed by atoms with Crippen LogP contribution in [0.15, 0.2) is 26.3 Å². The van der Waals surface area contributed by atoms with Crippen LogP contribution in [0.1, 0.15) is 12.7 Å². The molecule has 2 aliphatic heterocycles. The highest BCUT2D eigenvalue weighted by Gasteiger charge is 2.54. The van der Waals surface area contributed by atoms with E-state index in [1.807, 2.05) is 0 Å². The molecule has 33 heavy (non-hydrogen) atoms. The van der Waals surface area contributed by atoms with Crippen LogP contribution in [0.3, 0.4) is 0 Å². The summed E-state index contributed by atoms with van der Waals surface area (Å²) in [5, 5.41) is 23.4. The number of hydrogen-bond donors (Lipinski definition) is 3. The predicted molar refractivity (Wildman–Crippen MR) is 123 cm³/mol. The van der Waals surface area contributed by atoms with Gasteiger partial charge >= 0.3 is 5.97 Å². The molecule has 2 atom stereocenters. The highest BCUT2D eigenvalue weighted by molar-refractivity contribution is 8.01. The second-order valence-corrected chi connectivity index (χ2v) is 10.4. The number of rotatable bonds is 9. The minimum atomic E-state index is -1.20. The van der Waals surface area contributed by atoms with Crippen molar-refractivity contribution in [3.05, 3.63) is 22.6 Å². The summed E-state index contributed by atoms with van der Waals surface area (Å²) in [6.07, 6.45) is 0. The third-order valence-corrected chi connectivity index (χ3v) is 8.23. The molecule has 2 aromatic heterocycles. The lowest BCUT2D eigenvalue weighted by Crippen LogP contribution is -2.71. The Morgan fingerprint density at radius 1 is 1.48 bits per heavy atom. The lowest BCUT2D eigenvalue weighted by molar-refractivity contribution is -0.150. The van der Waals surface area contributed by atoms with Crippen LogP contribution < -0.4 is 11.1 Å². The highest BCUT2D eigenvalue weighted by atomic mass is 32.2. The number of thioether (sulfide) groups is 2. The number of nitrogens with two attached hydrogens (primary N) is 1. The lowest BCUT2D eigenvalue weighted by Gasteiger charge is -2.49. The van der Waals surface area contributed by atoms with Crippen molar-refractivity contribution in [3.8, 4) is 0 Å². The molecule has 2 aliphatic rings. The number of carbonyl (C=O) groups is 3. The Morgan fingerprint density at radius 3 is 2.94 bits per heavy atom. The number of nitrogens with zero attached hydrogens (tertiary/aromatic N) is 6. The summed E-state index contributed by atoms with van der Waals surface area (Å²) in [6.45, 7) is 1.89. The van der Waals surface area contributed by atoms with Gasteiger partial charge in [0, 0.05) is 23.0 Å². The molecule has 174 valence electrons. The number of nitrogen functional groups attached to an aromatic ring is 1. The summed E-state index contributed by atoms with van der Waals surface area (Å²) >= 11 is 4.96. The van der Waals surface area contributed by atoms with E-state index < -0.39 is 29.2 Å². The van der Waals surface area contributed by atoms with E-state index in [-0.39, 0.29) is 29.0 Å². The Labute approximate surface area is 203 Å². The van der Waals surface area contributed by atoms with E-state index in [0.717, 1.165) is 11.5 Å². The van der Waals surface area contributed by atoms with Gasteiger partial charge in [0.2, 0.25) is 11.5 Å². The summed E-state index contributed by atoms with van der Waals surface area (Å²) in [4.78, 5) is 47.8. The number of β-lactam (4-membered cyclic amide) rings is 1. The van der Waals surface area contributed by atoms with Gasteiger partial charge in [-0.15, -0.1) is 22.0 Å². The largest absolute Gasteiger partial charge is 0.477 e. The molecule has 4 heterocycles. The number of oxime groups is 1. The van der Waals surface area contributed by atoms with E-state index in [9.17, 15) is 19.5 Å². The number of carboxylic acid groups (broad SMARTS) is 1. The fourth-order valence-corrected chi connectivity index (χ4v) is 6.43. The van der Waals surface area contributed by atoms with E-state index in [0.29, 0.717) is 21.4 Å². The summed E-state index contributed by atoms with van der Waals surface area (Å²) in [7, 11) is 0. The number of anilines is 1. The molecule has 0 aliphatic carbocycles. The van der Waals surface area contributed by atoms with Crippen molar-refractivity contribution in [1.29, 1.82) is 0 Å². The number of aliphatic carboxylic acids is 1. The average Bonchev–Trinajstić information content (AvgIpc) is 3.47. The van der Waals surface area contributed by atoms with Crippen LogP contribution in [-0.2, 0) is 19.2 Å². The lowest BCUT2D eigenvalue weighted by atomic mass is 10.0. The number of carboxylic acids is 1. The second-order valence-electron chi connectivity index (χ2n) is 6.43. The number of aromatic nitrogens is 4. The van der Waals surface area contributed by atoms with Crippen molar-refractivity contribution < 1.29 is 24.3 Å². The van der Waals surface area contributed by atoms with Crippen LogP contribution in [0.25, 0.3) is 0 Å². The summed E-state index contributed by atoms with van der Waals surface area (Å²) in [5.41, 5.74) is 7.49. The van der Waals surface area contributed by atoms with Gasteiger partial charge in [-0.2, -0.15) is 9.36 Å². The first-order valence-corrected chi connectivity index (χ1v) is 13.0. The monoisotopic (exact) mass is 528 g/mol. The van der Waals surface area contributed by atoms with Gasteiger partial charge in [0.15, 0.2) is 9.47 Å². The first kappa shape index (κ1) is 23.4. The summed E-state index contributed by atoms with van der Waals surface area (Å²) in [6, 6.07) is -0.933. The van der Waals surface area contributed by atoms with Crippen molar-refractivity contribution in [2.45, 2.75) is 22.7 Å². The Balaban J connectivity index is 1.49. The fraction of sp³-hybridized carbons (Fsp3) is 0.375. The maximum absolute atomic E-state index is 12.9. The minimum Gasteiger partial charge on any atom is -0.477 e. The topological polar surface area (TPSA) is 186 Å². The summed E-state index contributed by atoms with van der Waals surface area (Å²) in [5.74, 6) is -1.73. The SMILES string of the molecule is CCON=C(C(=O)NC1C(=O)N2C(C(=O)O)=C(CSc3nncs3)CS[C@H]12)c1nsc(N)n1. The third kappa shape index (κ3) is 4.80. The maximum atomic E-state index is 12.9. The Bertz CT molecular complexity index is 1130. The van der Waals surface area contributed by atoms with Crippen molar-refractivity contribution >= 4 is 75.0 Å². The highest BCUT2D eigenvalue weighted by Crippen LogP contribution is 2.41. The third-order valence-electron chi connectivity index (χ3n) is 4.40. The van der Waals surface area contributed by atoms with Gasteiger partial charge in [-0.1, -0.05) is 28.3 Å². The molecule has 1 fully saturated rings. The molecule has 1 saturated heterocycles. The van der Waals surface area contributed by atoms with Gasteiger partial charge in [0.25, 0.3) is 11.8 Å². The van der Waals surface area contributed by atoms with Gasteiger partial charge in [-0.25, -0.2) is 4.79 Å². The molecular formula is C16H16N8O5S4. The van der Waals surface area contributed by atoms with Crippen molar-refractivity contribution in [2.75, 3.05) is 23.8 Å². The molecule has 4 N–H and O–H groups in total. The smallest absolute Gasteiger partial charge is 0.352 e. The molecule has 0 radical (unpaired) electrons. The first-order chi connectivity index (χ1) is 15.9. The molecule has 0 saturated carbocycles. The number of nitrogens with one attached hydrogen (secondary N) is 1. The van der Waals surface area contributed by atoms with Crippen molar-refractivity contribution in [3.63, 3.8) is 0 Å². The minimum absolute atomic E-state index is 0.0227. The molecule has 2 aromatic rings. The Morgan fingerprint density at radius 2 is 2.30 bits per heavy atom. The second kappa shape index (κ2) is 10.0. The molecule has 1 unspecified atom stereocenters. The molecule has 0 spiro atoms. The number of carbonyl (C=O) groups excluding carboxylic acids is 2. The Hall–Kier alpha value is -2.76. The van der Waals surface area contributed by atoms with E-state index in [4.69, 9.17) is 10.6 Å². The molecule has 4 rings (SSSR count). The Kier molecular flexibility index (Phi) is 7.11. The average molecular weight is 529 g/mol. The van der Waals surface area contributed by atoms with Crippen molar-refractivity contribution in [1.82, 2.24) is 29.8 Å². The number of fused-ring (bicyclic) bond motifs is 1. The summed E-state index contributed by atoms with van der Waals surface area (Å²) < 4.78 is 4.67. The van der Waals surface area contributed by atoms with E-state index in [2.05, 4.69) is 30.0 Å². The fourth-order valence-electron chi connectivity index (χ4n) is 3.02. The quantitative estimate of drug-likeness (QED) is 0.174. The van der Waals surface area contributed by atoms with Crippen LogP contribution in [0.4, 0.5) is 5.13 Å². The van der Waals surface area contributed by atoms with Gasteiger partial charge in [-0.3, -0.25) is 14.5 Å². The van der Waals surface area contributed by atoms with Crippen molar-refractivity contribution in [2.24, 2.45) is 5.16 Å². The molecule has 0 aromatic carbocycles. The van der Waals surface area contributed by atoms with E-state index >= 15 is 0 Å². The molecule has 0 bridgehead atoms. The van der Waals surface area contributed by atoms with Gasteiger partial charge < -0.3 is 21.0 Å². The zero-order valence-electron chi connectivity index (χ0n) is 16.8. The van der Waals surface area contributed by atoms with Gasteiger partial charge in [0.1, 0.15) is 29.2 Å². The first-order valence-electron chi connectivity index (χ1n) is 9.30. The molecular weight excluding hydrogens is 512 g/mol. The van der Waals surface area contributed by atoms with E-state index in [1.54, 1.807) is 12.4 Å². The number of amides is 2. The number of hydrogen-bond acceptors (Lipinski definition) is 14. The predicted octanol–water partition coefficient (Wildman–Crippen LogP) is 0.243. The van der Waals surface area contributed by atoms with Crippen LogP contribution in [0.5, 0.6) is 0 Å². The maximum Gasteiger partial charge on any atom is 0.352 e. The molecule has 2 amide bonds. The van der Waals surface area contributed by atoms with Crippen LogP contribution in [0.2, 0.25) is 0 Å². The van der Waals surface area contributed by atoms with Crippen LogP contribution in [-0.4, -0.2) is 82.6 Å². The normalized spacial score (nSPS) is 20.3. The molecule has 13 nitrogen and oxygen atoms in total. The van der Waals surface area contributed by atoms with Crippen LogP contribution >= 0.6 is 46.4 Å². The standard InChI is InChI=1S/C16H16N8O5S4/c1-2-29-22-7(10-20-15(17)33-23-10)11(25)19-8-12(26)24-9(14(27)28)6(3-30-13(8)24)4-31-16-21-18-5-32-16/h5,8,13H,2-4H2,1H3,(H,19,25)(H,27,28)(H2,17,20,23)/t8?,13-/m1/s1.